The molecule has 2 bridgehead atoms. The van der Waals surface area contributed by atoms with Crippen molar-refractivity contribution in [2.24, 2.45) is 0 Å². The predicted octanol–water partition coefficient (Wildman–Crippen LogP) is 2.94. The molecule has 0 atom stereocenters. The summed E-state index contributed by atoms with van der Waals surface area (Å²) in [4.78, 5) is 30.0. The quantitative estimate of drug-likeness (QED) is 0.586. The van der Waals surface area contributed by atoms with E-state index < -0.39 is 0 Å². The van der Waals surface area contributed by atoms with Crippen molar-refractivity contribution in [2.75, 3.05) is 31.5 Å². The molecule has 6 rings (SSSR count). The Morgan fingerprint density at radius 2 is 1.84 bits per heavy atom. The molecule has 3 saturated heterocycles. The maximum absolute atomic E-state index is 13.3. The lowest BCUT2D eigenvalue weighted by atomic mass is 10.0. The highest BCUT2D eigenvalue weighted by atomic mass is 19.1. The van der Waals surface area contributed by atoms with Gasteiger partial charge in [0.1, 0.15) is 5.82 Å². The number of carbonyl (C=O) groups excluding carboxylic acids is 2. The monoisotopic (exact) mass is 436 g/mol. The van der Waals surface area contributed by atoms with E-state index in [9.17, 15) is 14.0 Å². The Hall–Kier alpha value is -3.46. The summed E-state index contributed by atoms with van der Waals surface area (Å²) in [7, 11) is 0. The summed E-state index contributed by atoms with van der Waals surface area (Å²) in [6.07, 6.45) is 1.99. The molecule has 0 unspecified atom stereocenters. The van der Waals surface area contributed by atoms with Gasteiger partial charge in [-0.25, -0.2) is 9.18 Å². The first kappa shape index (κ1) is 20.4. The van der Waals surface area contributed by atoms with Crippen LogP contribution in [0.5, 0.6) is 0 Å². The Morgan fingerprint density at radius 3 is 2.62 bits per heavy atom. The molecule has 3 fully saturated rings. The van der Waals surface area contributed by atoms with Crippen molar-refractivity contribution in [3.63, 3.8) is 0 Å². The fraction of sp³-hybridized carbons (Fsp3) is 0.348. The van der Waals surface area contributed by atoms with E-state index in [1.54, 1.807) is 30.3 Å². The summed E-state index contributed by atoms with van der Waals surface area (Å²) in [5, 5.41) is 13.5. The predicted molar refractivity (Wildman–Crippen MR) is 119 cm³/mol. The molecule has 32 heavy (non-hydrogen) atoms. The Morgan fingerprint density at radius 1 is 1.06 bits per heavy atom. The van der Waals surface area contributed by atoms with Crippen molar-refractivity contribution < 1.29 is 14.0 Å². The molecule has 3 aliphatic heterocycles. The summed E-state index contributed by atoms with van der Waals surface area (Å²) < 4.78 is 13.0. The molecule has 0 saturated carbocycles. The first-order chi connectivity index (χ1) is 15.6. The summed E-state index contributed by atoms with van der Waals surface area (Å²) >= 11 is 0. The Balaban J connectivity index is 1.29. The number of aromatic nitrogens is 2. The number of nitrogens with one attached hydrogen (secondary N) is 3. The van der Waals surface area contributed by atoms with Gasteiger partial charge < -0.3 is 20.4 Å². The maximum atomic E-state index is 13.3. The number of benzene rings is 2. The molecule has 3 amide bonds. The molecule has 0 aliphatic carbocycles. The van der Waals surface area contributed by atoms with Crippen molar-refractivity contribution in [3.8, 4) is 0 Å². The van der Waals surface area contributed by atoms with E-state index in [1.807, 2.05) is 4.90 Å². The zero-order valence-electron chi connectivity index (χ0n) is 17.6. The van der Waals surface area contributed by atoms with Gasteiger partial charge in [-0.05, 0) is 48.7 Å². The maximum Gasteiger partial charge on any atom is 0.319 e. The molecule has 166 valence electrons. The summed E-state index contributed by atoms with van der Waals surface area (Å²) in [5.74, 6) is -0.384. The van der Waals surface area contributed by atoms with Crippen molar-refractivity contribution >= 4 is 28.5 Å². The first-order valence-corrected chi connectivity index (χ1v) is 10.9. The standard InChI is InChI=1S/C23H25FN6O2/c24-16-3-1-15(2-4-16)14-25-23(32)26-17-5-6-20-19(13-17)21(28-27-20)22(31)30-12-11-29-9-7-18(30)8-10-29/h1-6,13,18H,7-12,14H2,(H,27,28)(H2,25,26,32). The third kappa shape index (κ3) is 4.16. The van der Waals surface area contributed by atoms with E-state index in [0.717, 1.165) is 43.6 Å². The number of carbonyl (C=O) groups is 2. The second-order valence-corrected chi connectivity index (χ2v) is 8.34. The van der Waals surface area contributed by atoms with Crippen LogP contribution in [0.25, 0.3) is 10.9 Å². The molecule has 2 aromatic carbocycles. The number of urea groups is 1. The largest absolute Gasteiger partial charge is 0.334 e. The summed E-state index contributed by atoms with van der Waals surface area (Å²) in [6, 6.07) is 11.1. The van der Waals surface area contributed by atoms with Gasteiger partial charge in [0, 0.05) is 49.8 Å². The number of fused-ring (bicyclic) bond motifs is 5. The van der Waals surface area contributed by atoms with Crippen LogP contribution in [0.3, 0.4) is 0 Å². The number of anilines is 1. The normalized spacial score (nSPS) is 20.2. The van der Waals surface area contributed by atoms with Gasteiger partial charge in [0.15, 0.2) is 5.69 Å². The highest BCUT2D eigenvalue weighted by Crippen LogP contribution is 2.26. The second-order valence-electron chi connectivity index (χ2n) is 8.34. The highest BCUT2D eigenvalue weighted by Gasteiger charge is 2.33. The van der Waals surface area contributed by atoms with Crippen LogP contribution in [0.2, 0.25) is 0 Å². The average Bonchev–Trinajstić information content (AvgIpc) is 2.98. The number of aromatic amines is 1. The number of amides is 3. The zero-order valence-corrected chi connectivity index (χ0v) is 17.6. The van der Waals surface area contributed by atoms with Gasteiger partial charge in [0.2, 0.25) is 0 Å². The molecule has 3 aliphatic rings. The number of H-pyrrole nitrogens is 1. The molecule has 3 N–H and O–H groups in total. The molecule has 0 spiro atoms. The smallest absolute Gasteiger partial charge is 0.319 e. The van der Waals surface area contributed by atoms with Crippen molar-refractivity contribution in [3.05, 3.63) is 59.5 Å². The third-order valence-corrected chi connectivity index (χ3v) is 6.31. The van der Waals surface area contributed by atoms with E-state index >= 15 is 0 Å². The van der Waals surface area contributed by atoms with Crippen molar-refractivity contribution in [1.29, 1.82) is 0 Å². The zero-order chi connectivity index (χ0) is 22.1. The van der Waals surface area contributed by atoms with Crippen LogP contribution in [0, 0.1) is 5.82 Å². The fourth-order valence-electron chi connectivity index (χ4n) is 4.50. The first-order valence-electron chi connectivity index (χ1n) is 10.9. The van der Waals surface area contributed by atoms with Gasteiger partial charge in [0.05, 0.1) is 5.52 Å². The molecular formula is C23H25FN6O2. The number of piperidine rings is 1. The van der Waals surface area contributed by atoms with Gasteiger partial charge in [0.25, 0.3) is 5.91 Å². The van der Waals surface area contributed by atoms with Crippen molar-refractivity contribution in [1.82, 2.24) is 25.3 Å². The summed E-state index contributed by atoms with van der Waals surface area (Å²) in [6.45, 7) is 3.96. The number of hydrogen-bond donors (Lipinski definition) is 3. The number of halogens is 1. The molecule has 4 heterocycles. The Bertz CT molecular complexity index is 1140. The van der Waals surface area contributed by atoms with Crippen LogP contribution in [0.4, 0.5) is 14.9 Å². The summed E-state index contributed by atoms with van der Waals surface area (Å²) in [5.41, 5.74) is 2.49. The van der Waals surface area contributed by atoms with E-state index in [4.69, 9.17) is 0 Å². The lowest BCUT2D eigenvalue weighted by Crippen LogP contribution is -2.41. The molecule has 0 radical (unpaired) electrons. The molecule has 8 nitrogen and oxygen atoms in total. The second kappa shape index (κ2) is 8.58. The van der Waals surface area contributed by atoms with Crippen LogP contribution in [-0.2, 0) is 6.54 Å². The van der Waals surface area contributed by atoms with E-state index in [0.29, 0.717) is 23.3 Å². The molecule has 9 heteroatoms. The fourth-order valence-corrected chi connectivity index (χ4v) is 4.50. The molecule has 3 aromatic rings. The topological polar surface area (TPSA) is 93.4 Å². The lowest BCUT2D eigenvalue weighted by molar-refractivity contribution is 0.0681. The Kier molecular flexibility index (Phi) is 5.48. The van der Waals surface area contributed by atoms with E-state index in [1.165, 1.54) is 12.1 Å². The highest BCUT2D eigenvalue weighted by molar-refractivity contribution is 6.06. The minimum atomic E-state index is -0.386. The molecular weight excluding hydrogens is 411 g/mol. The van der Waals surface area contributed by atoms with Gasteiger partial charge in [-0.2, -0.15) is 5.10 Å². The Labute approximate surface area is 184 Å². The van der Waals surface area contributed by atoms with Crippen LogP contribution < -0.4 is 10.6 Å². The number of nitrogens with zero attached hydrogens (tertiary/aromatic N) is 3. The third-order valence-electron chi connectivity index (χ3n) is 6.31. The minimum absolute atomic E-state index is 0.0667. The van der Waals surface area contributed by atoms with Crippen LogP contribution >= 0.6 is 0 Å². The van der Waals surface area contributed by atoms with E-state index in [-0.39, 0.29) is 30.3 Å². The van der Waals surface area contributed by atoms with Crippen molar-refractivity contribution in [2.45, 2.75) is 25.4 Å². The SMILES string of the molecule is O=C(NCc1ccc(F)cc1)Nc1ccc2[nH]nc(C(=O)N3CCN4CCC3CC4)c2c1. The van der Waals surface area contributed by atoms with Crippen LogP contribution in [0.1, 0.15) is 28.9 Å². The average molecular weight is 436 g/mol. The minimum Gasteiger partial charge on any atom is -0.334 e. The van der Waals surface area contributed by atoms with Crippen LogP contribution in [-0.4, -0.2) is 64.2 Å². The van der Waals surface area contributed by atoms with Gasteiger partial charge >= 0.3 is 6.03 Å². The molecule has 1 aromatic heterocycles. The number of rotatable bonds is 4. The van der Waals surface area contributed by atoms with Crippen LogP contribution in [0.15, 0.2) is 42.5 Å². The lowest BCUT2D eigenvalue weighted by Gasteiger charge is -2.31. The number of hydrogen-bond acceptors (Lipinski definition) is 4. The van der Waals surface area contributed by atoms with E-state index in [2.05, 4.69) is 25.7 Å². The van der Waals surface area contributed by atoms with Gasteiger partial charge in [-0.15, -0.1) is 0 Å². The van der Waals surface area contributed by atoms with Gasteiger partial charge in [-0.3, -0.25) is 9.89 Å². The van der Waals surface area contributed by atoms with Gasteiger partial charge in [-0.1, -0.05) is 12.1 Å².